The zero-order valence-corrected chi connectivity index (χ0v) is 15.3. The first kappa shape index (κ1) is 18.4. The summed E-state index contributed by atoms with van der Waals surface area (Å²) < 4.78 is 7.25. The SMILES string of the molecule is Cc1ccc(-c2nn(-c3ccccc3)cc2C(=O)NC(C)C(C)C(=O)O)o1. The predicted molar refractivity (Wildman–Crippen MR) is 99.7 cm³/mol. The van der Waals surface area contributed by atoms with Crippen molar-refractivity contribution in [3.63, 3.8) is 0 Å². The van der Waals surface area contributed by atoms with Crippen LogP contribution in [0.2, 0.25) is 0 Å². The predicted octanol–water partition coefficient (Wildman–Crippen LogP) is 3.28. The fourth-order valence-corrected chi connectivity index (χ4v) is 2.62. The van der Waals surface area contributed by atoms with Crippen LogP contribution in [0.1, 0.15) is 30.0 Å². The fraction of sp³-hybridized carbons (Fsp3) is 0.250. The van der Waals surface area contributed by atoms with Crippen molar-refractivity contribution in [1.29, 1.82) is 0 Å². The Bertz CT molecular complexity index is 959. The normalized spacial score (nSPS) is 13.1. The molecule has 2 heterocycles. The highest BCUT2D eigenvalue weighted by molar-refractivity contribution is 5.99. The minimum atomic E-state index is -0.968. The van der Waals surface area contributed by atoms with E-state index in [1.165, 1.54) is 0 Å². The van der Waals surface area contributed by atoms with Gasteiger partial charge in [-0.3, -0.25) is 9.59 Å². The highest BCUT2D eigenvalue weighted by Gasteiger charge is 2.25. The van der Waals surface area contributed by atoms with Gasteiger partial charge in [-0.1, -0.05) is 18.2 Å². The number of nitrogens with zero attached hydrogens (tertiary/aromatic N) is 2. The Kier molecular flexibility index (Phi) is 5.12. The van der Waals surface area contributed by atoms with Gasteiger partial charge in [0.15, 0.2) is 5.76 Å². The van der Waals surface area contributed by atoms with Gasteiger partial charge in [0.25, 0.3) is 5.91 Å². The van der Waals surface area contributed by atoms with Crippen molar-refractivity contribution in [1.82, 2.24) is 15.1 Å². The number of aryl methyl sites for hydroxylation is 1. The lowest BCUT2D eigenvalue weighted by Crippen LogP contribution is -2.40. The van der Waals surface area contributed by atoms with Crippen molar-refractivity contribution >= 4 is 11.9 Å². The summed E-state index contributed by atoms with van der Waals surface area (Å²) in [5.41, 5.74) is 1.52. The Balaban J connectivity index is 1.98. The molecule has 0 fully saturated rings. The maximum absolute atomic E-state index is 12.8. The molecule has 2 N–H and O–H groups in total. The summed E-state index contributed by atoms with van der Waals surface area (Å²) >= 11 is 0. The first-order chi connectivity index (χ1) is 12.9. The van der Waals surface area contributed by atoms with E-state index < -0.39 is 23.8 Å². The number of benzene rings is 1. The van der Waals surface area contributed by atoms with Crippen LogP contribution in [-0.4, -0.2) is 32.8 Å². The Hall–Kier alpha value is -3.35. The monoisotopic (exact) mass is 367 g/mol. The molecule has 0 aliphatic heterocycles. The number of aliphatic carboxylic acids is 1. The number of carboxylic acid groups (broad SMARTS) is 1. The maximum Gasteiger partial charge on any atom is 0.308 e. The molecule has 0 bridgehead atoms. The van der Waals surface area contributed by atoms with Gasteiger partial charge in [0, 0.05) is 12.2 Å². The summed E-state index contributed by atoms with van der Waals surface area (Å²) in [6.45, 7) is 5.03. The third kappa shape index (κ3) is 3.92. The van der Waals surface area contributed by atoms with Crippen LogP contribution in [0.25, 0.3) is 17.1 Å². The second-order valence-electron chi connectivity index (χ2n) is 6.47. The van der Waals surface area contributed by atoms with Gasteiger partial charge >= 0.3 is 5.97 Å². The molecule has 0 aliphatic carbocycles. The van der Waals surface area contributed by atoms with Gasteiger partial charge in [0.2, 0.25) is 0 Å². The molecule has 0 aliphatic rings. The van der Waals surface area contributed by atoms with E-state index in [0.717, 1.165) is 5.69 Å². The first-order valence-corrected chi connectivity index (χ1v) is 8.62. The van der Waals surface area contributed by atoms with Crippen molar-refractivity contribution in [2.45, 2.75) is 26.8 Å². The standard InChI is InChI=1S/C20H21N3O4/c1-12-9-10-17(27-12)18-16(19(24)21-14(3)13(2)20(25)26)11-23(22-18)15-7-5-4-6-8-15/h4-11,13-14H,1-3H3,(H,21,24)(H,25,26). The van der Waals surface area contributed by atoms with Crippen LogP contribution in [0.4, 0.5) is 0 Å². The van der Waals surface area contributed by atoms with Crippen molar-refractivity contribution in [2.75, 3.05) is 0 Å². The smallest absolute Gasteiger partial charge is 0.308 e. The lowest BCUT2D eigenvalue weighted by Gasteiger charge is -2.17. The molecular formula is C20H21N3O4. The minimum Gasteiger partial charge on any atom is -0.481 e. The van der Waals surface area contributed by atoms with Crippen LogP contribution in [0.3, 0.4) is 0 Å². The van der Waals surface area contributed by atoms with Crippen LogP contribution in [0.15, 0.2) is 53.1 Å². The number of carboxylic acids is 1. The molecule has 0 saturated heterocycles. The maximum atomic E-state index is 12.8. The quantitative estimate of drug-likeness (QED) is 0.697. The summed E-state index contributed by atoms with van der Waals surface area (Å²) in [5, 5.41) is 16.4. The Morgan fingerprint density at radius 3 is 2.44 bits per heavy atom. The molecule has 7 heteroatoms. The summed E-state index contributed by atoms with van der Waals surface area (Å²) in [6, 6.07) is 12.4. The molecule has 7 nitrogen and oxygen atoms in total. The Labute approximate surface area is 156 Å². The van der Waals surface area contributed by atoms with Crippen molar-refractivity contribution in [2.24, 2.45) is 5.92 Å². The Morgan fingerprint density at radius 1 is 1.15 bits per heavy atom. The van der Waals surface area contributed by atoms with Crippen LogP contribution >= 0.6 is 0 Å². The van der Waals surface area contributed by atoms with Gasteiger partial charge in [-0.05, 0) is 45.0 Å². The van der Waals surface area contributed by atoms with Crippen LogP contribution in [-0.2, 0) is 4.79 Å². The molecule has 0 spiro atoms. The molecule has 3 rings (SSSR count). The molecule has 2 aromatic heterocycles. The average Bonchev–Trinajstić information content (AvgIpc) is 3.28. The molecule has 27 heavy (non-hydrogen) atoms. The van der Waals surface area contributed by atoms with Crippen LogP contribution in [0, 0.1) is 12.8 Å². The van der Waals surface area contributed by atoms with E-state index in [4.69, 9.17) is 9.52 Å². The summed E-state index contributed by atoms with van der Waals surface area (Å²) in [5.74, 6) is -0.899. The number of amides is 1. The van der Waals surface area contributed by atoms with E-state index in [-0.39, 0.29) is 0 Å². The van der Waals surface area contributed by atoms with E-state index in [0.29, 0.717) is 22.8 Å². The molecule has 2 atom stereocenters. The van der Waals surface area contributed by atoms with Crippen molar-refractivity contribution in [3.05, 3.63) is 60.0 Å². The minimum absolute atomic E-state index is 0.317. The number of rotatable bonds is 6. The molecular weight excluding hydrogens is 346 g/mol. The largest absolute Gasteiger partial charge is 0.481 e. The zero-order chi connectivity index (χ0) is 19.6. The number of hydrogen-bond acceptors (Lipinski definition) is 4. The third-order valence-electron chi connectivity index (χ3n) is 4.45. The van der Waals surface area contributed by atoms with Crippen molar-refractivity contribution < 1.29 is 19.1 Å². The average molecular weight is 367 g/mol. The van der Waals surface area contributed by atoms with E-state index in [1.54, 1.807) is 36.9 Å². The molecule has 2 unspecified atom stereocenters. The number of aromatic nitrogens is 2. The van der Waals surface area contributed by atoms with Gasteiger partial charge in [-0.25, -0.2) is 4.68 Å². The number of carbonyl (C=O) groups is 2. The summed E-state index contributed by atoms with van der Waals surface area (Å²) in [4.78, 5) is 24.0. The van der Waals surface area contributed by atoms with Gasteiger partial charge in [0.05, 0.1) is 17.2 Å². The van der Waals surface area contributed by atoms with Gasteiger partial charge in [-0.2, -0.15) is 5.10 Å². The van der Waals surface area contributed by atoms with E-state index in [1.807, 2.05) is 37.3 Å². The third-order valence-corrected chi connectivity index (χ3v) is 4.45. The topological polar surface area (TPSA) is 97.4 Å². The first-order valence-electron chi connectivity index (χ1n) is 8.62. The van der Waals surface area contributed by atoms with Crippen LogP contribution in [0.5, 0.6) is 0 Å². The molecule has 1 amide bonds. The highest BCUT2D eigenvalue weighted by atomic mass is 16.4. The summed E-state index contributed by atoms with van der Waals surface area (Å²) in [6.07, 6.45) is 1.62. The lowest BCUT2D eigenvalue weighted by molar-refractivity contribution is -0.141. The molecule has 0 saturated carbocycles. The number of carbonyl (C=O) groups excluding carboxylic acids is 1. The second kappa shape index (κ2) is 7.49. The van der Waals surface area contributed by atoms with Gasteiger partial charge in [0.1, 0.15) is 11.5 Å². The number of para-hydroxylation sites is 1. The molecule has 140 valence electrons. The van der Waals surface area contributed by atoms with Gasteiger partial charge in [-0.15, -0.1) is 0 Å². The lowest BCUT2D eigenvalue weighted by atomic mass is 10.0. The number of nitrogens with one attached hydrogen (secondary N) is 1. The summed E-state index contributed by atoms with van der Waals surface area (Å²) in [7, 11) is 0. The van der Waals surface area contributed by atoms with Crippen LogP contribution < -0.4 is 5.32 Å². The number of hydrogen-bond donors (Lipinski definition) is 2. The number of furan rings is 1. The molecule has 1 aromatic carbocycles. The fourth-order valence-electron chi connectivity index (χ4n) is 2.62. The van der Waals surface area contributed by atoms with Crippen molar-refractivity contribution in [3.8, 4) is 17.1 Å². The highest BCUT2D eigenvalue weighted by Crippen LogP contribution is 2.26. The van der Waals surface area contributed by atoms with E-state index in [2.05, 4.69) is 10.4 Å². The zero-order valence-electron chi connectivity index (χ0n) is 15.3. The van der Waals surface area contributed by atoms with E-state index in [9.17, 15) is 9.59 Å². The molecule has 3 aromatic rings. The molecule has 0 radical (unpaired) electrons. The Morgan fingerprint density at radius 2 is 1.85 bits per heavy atom. The van der Waals surface area contributed by atoms with E-state index >= 15 is 0 Å². The van der Waals surface area contributed by atoms with Gasteiger partial charge < -0.3 is 14.8 Å². The second-order valence-corrected chi connectivity index (χ2v) is 6.47.